The van der Waals surface area contributed by atoms with Gasteiger partial charge in [0.1, 0.15) is 0 Å². The van der Waals surface area contributed by atoms with E-state index in [1.54, 1.807) is 0 Å². The van der Waals surface area contributed by atoms with Crippen LogP contribution in [-0.2, 0) is 9.47 Å². The monoisotopic (exact) mass is 271 g/mol. The van der Waals surface area contributed by atoms with Gasteiger partial charge in [0.25, 0.3) is 0 Å². The quantitative estimate of drug-likeness (QED) is 0.344. The largest absolute Gasteiger partial charge is 0.381 e. The molecule has 0 aliphatic heterocycles. The van der Waals surface area contributed by atoms with Crippen LogP contribution in [0.15, 0.2) is 0 Å². The molecule has 0 amide bonds. The van der Waals surface area contributed by atoms with Crippen LogP contribution in [0.1, 0.15) is 84.5 Å². The lowest BCUT2D eigenvalue weighted by molar-refractivity contribution is 0.108. The van der Waals surface area contributed by atoms with Gasteiger partial charge in [-0.2, -0.15) is 0 Å². The van der Waals surface area contributed by atoms with E-state index >= 15 is 0 Å². The maximum Gasteiger partial charge on any atom is 0.0859 e. The highest BCUT2D eigenvalue weighted by Crippen LogP contribution is 2.04. The first kappa shape index (κ1) is 18.9. The third kappa shape index (κ3) is 17.9. The zero-order valence-electron chi connectivity index (χ0n) is 13.3. The van der Waals surface area contributed by atoms with Crippen molar-refractivity contribution in [2.75, 3.05) is 19.8 Å². The Kier molecular flexibility index (Phi) is 17.8. The summed E-state index contributed by atoms with van der Waals surface area (Å²) in [6.07, 6.45) is 14.0. The van der Waals surface area contributed by atoms with E-state index in [0.29, 0.717) is 0 Å². The Labute approximate surface area is 121 Å². The summed E-state index contributed by atoms with van der Waals surface area (Å²) in [5.41, 5.74) is 0. The number of unbranched alkanes of at least 4 members (excludes halogenated alkanes) is 8. The van der Waals surface area contributed by atoms with Crippen LogP contribution in [0.4, 0.5) is 0 Å². The second-order valence-corrected chi connectivity index (χ2v) is 5.27. The fraction of sp³-hybridized carbons (Fsp3) is 0.941. The van der Waals surface area contributed by atoms with Crippen molar-refractivity contribution < 1.29 is 9.47 Å². The van der Waals surface area contributed by atoms with Crippen LogP contribution in [-0.4, -0.2) is 19.8 Å². The second-order valence-electron chi connectivity index (χ2n) is 5.27. The topological polar surface area (TPSA) is 18.5 Å². The molecular formula is C17H35O2. The van der Waals surface area contributed by atoms with Crippen molar-refractivity contribution in [3.8, 4) is 0 Å². The standard InChI is InChI=1S/C17H35O2/c1-3-5-7-9-11-14-18-16-13-17-19-15-12-10-8-6-4-2/h16H,3-15,17H2,1-2H3. The normalized spacial score (nSPS) is 11.1. The first-order chi connectivity index (χ1) is 9.41. The van der Waals surface area contributed by atoms with Crippen molar-refractivity contribution in [1.29, 1.82) is 0 Å². The maximum atomic E-state index is 5.56. The Morgan fingerprint density at radius 3 is 1.84 bits per heavy atom. The molecule has 19 heavy (non-hydrogen) atoms. The molecule has 2 heteroatoms. The fourth-order valence-corrected chi connectivity index (χ4v) is 2.00. The van der Waals surface area contributed by atoms with E-state index in [2.05, 4.69) is 13.8 Å². The summed E-state index contributed by atoms with van der Waals surface area (Å²) in [7, 11) is 0. The molecule has 0 saturated carbocycles. The van der Waals surface area contributed by atoms with E-state index in [1.165, 1.54) is 64.2 Å². The molecule has 0 spiro atoms. The molecule has 0 aromatic rings. The molecule has 0 saturated heterocycles. The first-order valence-electron chi connectivity index (χ1n) is 8.42. The van der Waals surface area contributed by atoms with Crippen molar-refractivity contribution in [2.24, 2.45) is 0 Å². The van der Waals surface area contributed by atoms with Crippen molar-refractivity contribution in [1.82, 2.24) is 0 Å². The van der Waals surface area contributed by atoms with Gasteiger partial charge in [-0.05, 0) is 19.3 Å². The molecule has 0 aliphatic carbocycles. The van der Waals surface area contributed by atoms with Gasteiger partial charge in [-0.15, -0.1) is 0 Å². The van der Waals surface area contributed by atoms with Crippen LogP contribution in [0.2, 0.25) is 0 Å². The summed E-state index contributed by atoms with van der Waals surface area (Å²) >= 11 is 0. The number of rotatable bonds is 16. The van der Waals surface area contributed by atoms with Crippen molar-refractivity contribution in [2.45, 2.75) is 84.5 Å². The third-order valence-electron chi connectivity index (χ3n) is 3.26. The zero-order chi connectivity index (χ0) is 14.0. The molecule has 0 aromatic carbocycles. The zero-order valence-corrected chi connectivity index (χ0v) is 13.3. The van der Waals surface area contributed by atoms with E-state index in [9.17, 15) is 0 Å². The smallest absolute Gasteiger partial charge is 0.0859 e. The van der Waals surface area contributed by atoms with E-state index in [0.717, 1.165) is 26.2 Å². The average Bonchev–Trinajstić information content (AvgIpc) is 2.43. The van der Waals surface area contributed by atoms with Gasteiger partial charge < -0.3 is 9.47 Å². The second kappa shape index (κ2) is 17.9. The SMILES string of the molecule is CCCCCCCO[CH]CCOCCCCCCC. The summed E-state index contributed by atoms with van der Waals surface area (Å²) in [5, 5.41) is 0. The van der Waals surface area contributed by atoms with Crippen molar-refractivity contribution in [3.63, 3.8) is 0 Å². The van der Waals surface area contributed by atoms with Crippen LogP contribution in [0.5, 0.6) is 0 Å². The Morgan fingerprint density at radius 1 is 0.632 bits per heavy atom. The van der Waals surface area contributed by atoms with Gasteiger partial charge in [0.05, 0.1) is 6.61 Å². The van der Waals surface area contributed by atoms with E-state index in [4.69, 9.17) is 9.47 Å². The average molecular weight is 271 g/mol. The molecule has 0 rings (SSSR count). The van der Waals surface area contributed by atoms with Gasteiger partial charge in [0, 0.05) is 19.8 Å². The summed E-state index contributed by atoms with van der Waals surface area (Å²) in [6, 6.07) is 0. The molecular weight excluding hydrogens is 236 g/mol. The van der Waals surface area contributed by atoms with Gasteiger partial charge >= 0.3 is 0 Å². The number of hydrogen-bond donors (Lipinski definition) is 0. The molecule has 0 N–H and O–H groups in total. The Balaban J connectivity index is 2.88. The lowest BCUT2D eigenvalue weighted by atomic mass is 10.2. The predicted octanol–water partition coefficient (Wildman–Crippen LogP) is 5.51. The summed E-state index contributed by atoms with van der Waals surface area (Å²) in [5.74, 6) is 0. The molecule has 0 aliphatic rings. The molecule has 115 valence electrons. The molecule has 0 fully saturated rings. The van der Waals surface area contributed by atoms with E-state index in [-0.39, 0.29) is 0 Å². The van der Waals surface area contributed by atoms with E-state index < -0.39 is 0 Å². The lowest BCUT2D eigenvalue weighted by Crippen LogP contribution is -1.99. The van der Waals surface area contributed by atoms with Gasteiger partial charge in [0.15, 0.2) is 0 Å². The highest BCUT2D eigenvalue weighted by Gasteiger charge is 1.93. The fourth-order valence-electron chi connectivity index (χ4n) is 2.00. The minimum atomic E-state index is 0.809. The molecule has 0 atom stereocenters. The Morgan fingerprint density at radius 2 is 1.21 bits per heavy atom. The summed E-state index contributed by atoms with van der Waals surface area (Å²) in [6.45, 7) is 9.00. The molecule has 0 bridgehead atoms. The molecule has 0 aromatic heterocycles. The molecule has 2 nitrogen and oxygen atoms in total. The van der Waals surface area contributed by atoms with Gasteiger partial charge in [0.2, 0.25) is 0 Å². The minimum absolute atomic E-state index is 0.809. The Bertz CT molecular complexity index is 132. The molecule has 1 radical (unpaired) electrons. The van der Waals surface area contributed by atoms with Crippen LogP contribution in [0, 0.1) is 6.61 Å². The third-order valence-corrected chi connectivity index (χ3v) is 3.26. The molecule has 0 heterocycles. The van der Waals surface area contributed by atoms with Crippen LogP contribution < -0.4 is 0 Å². The van der Waals surface area contributed by atoms with Crippen molar-refractivity contribution >= 4 is 0 Å². The minimum Gasteiger partial charge on any atom is -0.381 e. The maximum absolute atomic E-state index is 5.56. The van der Waals surface area contributed by atoms with Crippen LogP contribution in [0.3, 0.4) is 0 Å². The molecule has 0 unspecified atom stereocenters. The van der Waals surface area contributed by atoms with Gasteiger partial charge in [-0.1, -0.05) is 65.2 Å². The van der Waals surface area contributed by atoms with Crippen molar-refractivity contribution in [3.05, 3.63) is 6.61 Å². The van der Waals surface area contributed by atoms with Crippen LogP contribution in [0.25, 0.3) is 0 Å². The highest BCUT2D eigenvalue weighted by molar-refractivity contribution is 4.51. The van der Waals surface area contributed by atoms with Crippen LogP contribution >= 0.6 is 0 Å². The summed E-state index contributed by atoms with van der Waals surface area (Å²) in [4.78, 5) is 0. The highest BCUT2D eigenvalue weighted by atomic mass is 16.5. The first-order valence-corrected chi connectivity index (χ1v) is 8.42. The summed E-state index contributed by atoms with van der Waals surface area (Å²) < 4.78 is 11.0. The Hall–Kier alpha value is -0.0800. The predicted molar refractivity (Wildman–Crippen MR) is 83.2 cm³/mol. The van der Waals surface area contributed by atoms with E-state index in [1.807, 2.05) is 6.61 Å². The number of ether oxygens (including phenoxy) is 2. The van der Waals surface area contributed by atoms with Gasteiger partial charge in [-0.25, -0.2) is 0 Å². The van der Waals surface area contributed by atoms with Gasteiger partial charge in [-0.3, -0.25) is 0 Å². The lowest BCUT2D eigenvalue weighted by Gasteiger charge is -2.05. The number of hydrogen-bond acceptors (Lipinski definition) is 2.